The molecule has 1 heterocycles. The van der Waals surface area contributed by atoms with E-state index in [1.165, 1.54) is 17.5 Å². The second kappa shape index (κ2) is 7.20. The number of hydrogen-bond donors (Lipinski definition) is 1. The van der Waals surface area contributed by atoms with Gasteiger partial charge in [-0.05, 0) is 59.9 Å². The molecular weight excluding hydrogens is 346 g/mol. The smallest absolute Gasteiger partial charge is 0.119 e. The number of aromatic hydroxyl groups is 1. The van der Waals surface area contributed by atoms with Crippen LogP contribution in [0, 0.1) is 5.41 Å². The first-order chi connectivity index (χ1) is 13.3. The third-order valence-electron chi connectivity index (χ3n) is 7.61. The third kappa shape index (κ3) is 3.15. The zero-order chi connectivity index (χ0) is 19.9. The van der Waals surface area contributed by atoms with Crippen molar-refractivity contribution in [1.29, 1.82) is 0 Å². The van der Waals surface area contributed by atoms with Crippen molar-refractivity contribution in [1.82, 2.24) is 4.90 Å². The van der Waals surface area contributed by atoms with E-state index in [2.05, 4.69) is 62.9 Å². The minimum absolute atomic E-state index is 0.0346. The van der Waals surface area contributed by atoms with Gasteiger partial charge in [-0.3, -0.25) is 4.90 Å². The average molecular weight is 380 g/mol. The zero-order valence-electron chi connectivity index (χ0n) is 17.6. The van der Waals surface area contributed by atoms with Gasteiger partial charge in [-0.25, -0.2) is 0 Å². The van der Waals surface area contributed by atoms with Gasteiger partial charge in [0.2, 0.25) is 0 Å². The normalized spacial score (nSPS) is 27.2. The Kier molecular flexibility index (Phi) is 5.01. The number of ether oxygens (including phenoxy) is 1. The van der Waals surface area contributed by atoms with Gasteiger partial charge in [0.05, 0.1) is 12.7 Å². The van der Waals surface area contributed by atoms with Crippen molar-refractivity contribution >= 4 is 0 Å². The number of rotatable bonds is 5. The number of likely N-dealkylation sites (tertiary alicyclic amines) is 1. The molecular formula is C25H33NO2. The molecule has 0 amide bonds. The van der Waals surface area contributed by atoms with Gasteiger partial charge in [-0.2, -0.15) is 0 Å². The molecule has 3 atom stereocenters. The van der Waals surface area contributed by atoms with Crippen LogP contribution in [0.25, 0.3) is 0 Å². The maximum absolute atomic E-state index is 10.5. The summed E-state index contributed by atoms with van der Waals surface area (Å²) < 4.78 is 6.16. The molecule has 0 bridgehead atoms. The zero-order valence-corrected chi connectivity index (χ0v) is 17.6. The second-order valence-corrected chi connectivity index (χ2v) is 9.42. The molecule has 4 rings (SSSR count). The van der Waals surface area contributed by atoms with Crippen LogP contribution in [0.15, 0.2) is 48.5 Å². The molecule has 1 aliphatic carbocycles. The van der Waals surface area contributed by atoms with Crippen LogP contribution in [0.4, 0.5) is 0 Å². The van der Waals surface area contributed by atoms with Crippen molar-refractivity contribution in [2.75, 3.05) is 13.1 Å². The van der Waals surface area contributed by atoms with E-state index in [4.69, 9.17) is 4.74 Å². The second-order valence-electron chi connectivity index (χ2n) is 9.42. The van der Waals surface area contributed by atoms with E-state index in [0.717, 1.165) is 25.1 Å². The van der Waals surface area contributed by atoms with E-state index >= 15 is 0 Å². The Balaban J connectivity index is 1.50. The van der Waals surface area contributed by atoms with Gasteiger partial charge in [0, 0.05) is 12.6 Å². The van der Waals surface area contributed by atoms with E-state index < -0.39 is 0 Å². The fourth-order valence-electron chi connectivity index (χ4n) is 5.47. The Morgan fingerprint density at radius 1 is 1.11 bits per heavy atom. The van der Waals surface area contributed by atoms with Gasteiger partial charge in [0.1, 0.15) is 5.75 Å². The summed E-state index contributed by atoms with van der Waals surface area (Å²) in [6.07, 6.45) is 2.29. The Bertz CT molecular complexity index is 832. The van der Waals surface area contributed by atoms with Crippen LogP contribution < -0.4 is 0 Å². The number of hydrogen-bond acceptors (Lipinski definition) is 3. The molecule has 0 aromatic heterocycles. The van der Waals surface area contributed by atoms with Crippen molar-refractivity contribution in [3.05, 3.63) is 65.2 Å². The van der Waals surface area contributed by atoms with Gasteiger partial charge in [0.15, 0.2) is 0 Å². The monoisotopic (exact) mass is 379 g/mol. The predicted molar refractivity (Wildman–Crippen MR) is 114 cm³/mol. The highest BCUT2D eigenvalue weighted by Crippen LogP contribution is 2.57. The summed E-state index contributed by atoms with van der Waals surface area (Å²) in [5, 5.41) is 10.5. The van der Waals surface area contributed by atoms with Crippen molar-refractivity contribution in [3.8, 4) is 5.75 Å². The molecule has 0 spiro atoms. The number of phenolic OH excluding ortho intramolecular Hbond substituents is 1. The minimum atomic E-state index is 0.0346. The van der Waals surface area contributed by atoms with Gasteiger partial charge in [-0.1, -0.05) is 63.2 Å². The van der Waals surface area contributed by atoms with E-state index in [-0.39, 0.29) is 16.9 Å². The molecule has 2 aromatic carbocycles. The molecule has 0 saturated carbocycles. The van der Waals surface area contributed by atoms with E-state index in [1.54, 1.807) is 0 Å². The molecule has 1 fully saturated rings. The summed E-state index contributed by atoms with van der Waals surface area (Å²) in [4.78, 5) is 2.60. The lowest BCUT2D eigenvalue weighted by Crippen LogP contribution is -2.54. The molecule has 3 nitrogen and oxygen atoms in total. The molecule has 3 heteroatoms. The van der Waals surface area contributed by atoms with Crippen LogP contribution in [0.5, 0.6) is 5.75 Å². The Morgan fingerprint density at radius 2 is 1.86 bits per heavy atom. The number of nitrogens with zero attached hydrogens (tertiary/aromatic N) is 1. The Hall–Kier alpha value is -1.84. The van der Waals surface area contributed by atoms with Crippen LogP contribution in [-0.4, -0.2) is 35.2 Å². The lowest BCUT2D eigenvalue weighted by Gasteiger charge is -2.52. The highest BCUT2D eigenvalue weighted by Gasteiger charge is 2.56. The first kappa shape index (κ1) is 19.5. The van der Waals surface area contributed by atoms with Crippen molar-refractivity contribution in [3.63, 3.8) is 0 Å². The van der Waals surface area contributed by atoms with Crippen molar-refractivity contribution in [2.45, 2.75) is 64.7 Å². The molecule has 2 aromatic rings. The van der Waals surface area contributed by atoms with Gasteiger partial charge in [-0.15, -0.1) is 0 Å². The SMILES string of the molecule is C[C@H](CN1CCC2(C)C1Cc1c(O)cccc1C2(C)C)OCc1ccccc1. The van der Waals surface area contributed by atoms with Gasteiger partial charge < -0.3 is 9.84 Å². The Morgan fingerprint density at radius 3 is 2.61 bits per heavy atom. The van der Waals surface area contributed by atoms with Crippen molar-refractivity contribution in [2.24, 2.45) is 5.41 Å². The lowest BCUT2D eigenvalue weighted by molar-refractivity contribution is 0.00734. The summed E-state index contributed by atoms with van der Waals surface area (Å²) >= 11 is 0. The highest BCUT2D eigenvalue weighted by molar-refractivity contribution is 5.48. The van der Waals surface area contributed by atoms with Gasteiger partial charge in [0.25, 0.3) is 0 Å². The van der Waals surface area contributed by atoms with Crippen LogP contribution >= 0.6 is 0 Å². The fourth-order valence-corrected chi connectivity index (χ4v) is 5.47. The first-order valence-corrected chi connectivity index (χ1v) is 10.5. The fraction of sp³-hybridized carbons (Fsp3) is 0.520. The largest absolute Gasteiger partial charge is 0.508 e. The Labute approximate surface area is 169 Å². The van der Waals surface area contributed by atoms with E-state index in [0.29, 0.717) is 18.4 Å². The molecule has 1 N–H and O–H groups in total. The molecule has 1 saturated heterocycles. The lowest BCUT2D eigenvalue weighted by atomic mass is 9.54. The maximum atomic E-state index is 10.5. The summed E-state index contributed by atoms with van der Waals surface area (Å²) in [6, 6.07) is 16.9. The van der Waals surface area contributed by atoms with Crippen LogP contribution in [0.3, 0.4) is 0 Å². The minimum Gasteiger partial charge on any atom is -0.508 e. The molecule has 2 aliphatic rings. The molecule has 150 valence electrons. The van der Waals surface area contributed by atoms with E-state index in [9.17, 15) is 5.11 Å². The average Bonchev–Trinajstić information content (AvgIpc) is 3.00. The number of benzene rings is 2. The van der Waals surface area contributed by atoms with Crippen LogP contribution in [0.2, 0.25) is 0 Å². The summed E-state index contributed by atoms with van der Waals surface area (Å²) in [6.45, 7) is 12.0. The standard InChI is InChI=1S/C25H33NO2/c1-18(28-17-19-9-6-5-7-10-19)16-26-14-13-25(4)23(26)15-20-21(24(25,2)3)11-8-12-22(20)27/h5-12,18,23,27H,13-17H2,1-4H3/t18-,23?,25?/m1/s1. The summed E-state index contributed by atoms with van der Waals surface area (Å²) in [5.74, 6) is 0.452. The van der Waals surface area contributed by atoms with Crippen molar-refractivity contribution < 1.29 is 9.84 Å². The predicted octanol–water partition coefficient (Wildman–Crippen LogP) is 4.91. The van der Waals surface area contributed by atoms with Gasteiger partial charge >= 0.3 is 0 Å². The summed E-state index contributed by atoms with van der Waals surface area (Å²) in [7, 11) is 0. The highest BCUT2D eigenvalue weighted by atomic mass is 16.5. The number of phenols is 1. The molecule has 28 heavy (non-hydrogen) atoms. The molecule has 2 unspecified atom stereocenters. The summed E-state index contributed by atoms with van der Waals surface area (Å²) in [5.41, 5.74) is 3.92. The van der Waals surface area contributed by atoms with Crippen LogP contribution in [-0.2, 0) is 23.2 Å². The first-order valence-electron chi connectivity index (χ1n) is 10.5. The number of fused-ring (bicyclic) bond motifs is 2. The maximum Gasteiger partial charge on any atom is 0.119 e. The molecule has 0 radical (unpaired) electrons. The quantitative estimate of drug-likeness (QED) is 0.801. The molecule has 1 aliphatic heterocycles. The van der Waals surface area contributed by atoms with E-state index in [1.807, 2.05) is 18.2 Å². The van der Waals surface area contributed by atoms with Crippen LogP contribution in [0.1, 0.15) is 50.8 Å². The third-order valence-corrected chi connectivity index (χ3v) is 7.61. The topological polar surface area (TPSA) is 32.7 Å².